The number of aromatic carboxylic acids is 1. The molecule has 1 saturated heterocycles. The molecule has 2 atom stereocenters. The van der Waals surface area contributed by atoms with Crippen molar-refractivity contribution in [1.82, 2.24) is 9.47 Å². The van der Waals surface area contributed by atoms with Gasteiger partial charge in [-0.15, -0.1) is 0 Å². The van der Waals surface area contributed by atoms with Gasteiger partial charge in [0.2, 0.25) is 5.43 Å². The average molecular weight is 473 g/mol. The molecule has 0 radical (unpaired) electrons. The van der Waals surface area contributed by atoms with Crippen LogP contribution in [0.3, 0.4) is 0 Å². The minimum absolute atomic E-state index is 0.0130. The Morgan fingerprint density at radius 3 is 2.50 bits per heavy atom. The fraction of sp³-hybridized carbons (Fsp3) is 0.360. The first-order valence-electron chi connectivity index (χ1n) is 11.0. The number of carboxylic acid groups (broad SMARTS) is 1. The zero-order chi connectivity index (χ0) is 24.9. The summed E-state index contributed by atoms with van der Waals surface area (Å²) in [5.41, 5.74) is -1.24. The maximum atomic E-state index is 15.6. The van der Waals surface area contributed by atoms with E-state index >= 15 is 4.39 Å². The number of anilines is 1. The predicted molar refractivity (Wildman–Crippen MR) is 125 cm³/mol. The number of aromatic nitrogens is 1. The van der Waals surface area contributed by atoms with Gasteiger partial charge in [-0.2, -0.15) is 0 Å². The smallest absolute Gasteiger partial charge is 0.341 e. The van der Waals surface area contributed by atoms with Gasteiger partial charge in [-0.25, -0.2) is 18.0 Å². The molecule has 0 aliphatic carbocycles. The fourth-order valence-electron chi connectivity index (χ4n) is 4.71. The van der Waals surface area contributed by atoms with Crippen molar-refractivity contribution in [3.63, 3.8) is 0 Å². The average Bonchev–Trinajstić information content (AvgIpc) is 3.25. The molecule has 0 bridgehead atoms. The van der Waals surface area contributed by atoms with Gasteiger partial charge in [0.15, 0.2) is 0 Å². The molecule has 2 heterocycles. The van der Waals surface area contributed by atoms with Crippen LogP contribution in [0.2, 0.25) is 0 Å². The largest absolute Gasteiger partial charge is 0.477 e. The monoisotopic (exact) mass is 473 g/mol. The molecule has 1 N–H and O–H groups in total. The first kappa shape index (κ1) is 23.8. The Hall–Kier alpha value is -3.33. The Balaban J connectivity index is 1.97. The SMILES string of the molecule is Cc1c(F)c(N2CC[C@@H]([C@@H](C)N(C)C)C2)cc2c1c(=O)c(C(=O)O)cn2-c1ccc(F)cc1F. The van der Waals surface area contributed by atoms with Crippen LogP contribution in [0.25, 0.3) is 16.6 Å². The van der Waals surface area contributed by atoms with Gasteiger partial charge in [0.25, 0.3) is 0 Å². The van der Waals surface area contributed by atoms with Gasteiger partial charge >= 0.3 is 5.97 Å². The highest BCUT2D eigenvalue weighted by Gasteiger charge is 2.31. The van der Waals surface area contributed by atoms with Gasteiger partial charge in [-0.3, -0.25) is 4.79 Å². The van der Waals surface area contributed by atoms with E-state index in [1.165, 1.54) is 17.6 Å². The lowest BCUT2D eigenvalue weighted by Gasteiger charge is -2.27. The molecule has 1 aliphatic rings. The second-order valence-electron chi connectivity index (χ2n) is 9.07. The third-order valence-electron chi connectivity index (χ3n) is 6.91. The minimum atomic E-state index is -1.52. The highest BCUT2D eigenvalue weighted by atomic mass is 19.1. The summed E-state index contributed by atoms with van der Waals surface area (Å²) < 4.78 is 45.0. The molecule has 1 aliphatic heterocycles. The molecule has 6 nitrogen and oxygen atoms in total. The van der Waals surface area contributed by atoms with Crippen molar-refractivity contribution in [2.45, 2.75) is 26.3 Å². The first-order valence-corrected chi connectivity index (χ1v) is 11.0. The van der Waals surface area contributed by atoms with Crippen molar-refractivity contribution in [3.8, 4) is 5.69 Å². The number of pyridine rings is 1. The number of halogens is 3. The molecule has 34 heavy (non-hydrogen) atoms. The molecule has 2 aromatic carbocycles. The lowest BCUT2D eigenvalue weighted by Crippen LogP contribution is -2.34. The van der Waals surface area contributed by atoms with E-state index in [0.717, 1.165) is 24.8 Å². The zero-order valence-corrected chi connectivity index (χ0v) is 19.4. The Morgan fingerprint density at radius 1 is 1.18 bits per heavy atom. The van der Waals surface area contributed by atoms with E-state index in [0.29, 0.717) is 25.1 Å². The Labute approximate surface area is 194 Å². The summed E-state index contributed by atoms with van der Waals surface area (Å²) in [7, 11) is 3.98. The molecule has 1 fully saturated rings. The number of hydrogen-bond donors (Lipinski definition) is 1. The molecule has 4 rings (SSSR count). The van der Waals surface area contributed by atoms with Crippen LogP contribution in [0.4, 0.5) is 18.9 Å². The lowest BCUT2D eigenvalue weighted by molar-refractivity contribution is 0.0695. The van der Waals surface area contributed by atoms with Crippen molar-refractivity contribution in [3.05, 3.63) is 69.3 Å². The maximum Gasteiger partial charge on any atom is 0.341 e. The van der Waals surface area contributed by atoms with E-state index in [2.05, 4.69) is 11.8 Å². The summed E-state index contributed by atoms with van der Waals surface area (Å²) in [4.78, 5) is 28.7. The number of carbonyl (C=O) groups is 1. The third kappa shape index (κ3) is 3.94. The second kappa shape index (κ2) is 8.79. The quantitative estimate of drug-likeness (QED) is 0.602. The van der Waals surface area contributed by atoms with Crippen molar-refractivity contribution < 1.29 is 23.1 Å². The van der Waals surface area contributed by atoms with Crippen molar-refractivity contribution in [2.24, 2.45) is 5.92 Å². The molecule has 180 valence electrons. The van der Waals surface area contributed by atoms with Crippen LogP contribution >= 0.6 is 0 Å². The Morgan fingerprint density at radius 2 is 1.88 bits per heavy atom. The van der Waals surface area contributed by atoms with Gasteiger partial charge in [-0.1, -0.05) is 0 Å². The van der Waals surface area contributed by atoms with Crippen molar-refractivity contribution in [2.75, 3.05) is 32.1 Å². The summed E-state index contributed by atoms with van der Waals surface area (Å²) in [6.07, 6.45) is 1.86. The van der Waals surface area contributed by atoms with Gasteiger partial charge in [0.1, 0.15) is 23.0 Å². The molecule has 0 amide bonds. The van der Waals surface area contributed by atoms with E-state index in [-0.39, 0.29) is 33.9 Å². The number of carboxylic acids is 1. The summed E-state index contributed by atoms with van der Waals surface area (Å²) in [5, 5.41) is 9.40. The normalized spacial score (nSPS) is 17.1. The predicted octanol–water partition coefficient (Wildman–Crippen LogP) is 4.19. The van der Waals surface area contributed by atoms with Crippen LogP contribution in [-0.4, -0.2) is 53.8 Å². The highest BCUT2D eigenvalue weighted by molar-refractivity contribution is 5.95. The van der Waals surface area contributed by atoms with E-state index in [1.807, 2.05) is 19.0 Å². The van der Waals surface area contributed by atoms with Crippen LogP contribution < -0.4 is 10.3 Å². The van der Waals surface area contributed by atoms with Gasteiger partial charge in [-0.05, 0) is 58.5 Å². The Kier molecular flexibility index (Phi) is 6.16. The molecular weight excluding hydrogens is 447 g/mol. The van der Waals surface area contributed by atoms with Crippen LogP contribution in [0.5, 0.6) is 0 Å². The van der Waals surface area contributed by atoms with Crippen LogP contribution in [0.1, 0.15) is 29.3 Å². The van der Waals surface area contributed by atoms with E-state index in [9.17, 15) is 23.5 Å². The molecule has 0 unspecified atom stereocenters. The third-order valence-corrected chi connectivity index (χ3v) is 6.91. The van der Waals surface area contributed by atoms with Gasteiger partial charge in [0.05, 0.1) is 22.3 Å². The van der Waals surface area contributed by atoms with Crippen LogP contribution in [0.15, 0.2) is 35.3 Å². The lowest BCUT2D eigenvalue weighted by atomic mass is 10.00. The first-order chi connectivity index (χ1) is 16.0. The summed E-state index contributed by atoms with van der Waals surface area (Å²) in [6, 6.07) is 4.59. The topological polar surface area (TPSA) is 65.8 Å². The molecule has 1 aromatic heterocycles. The van der Waals surface area contributed by atoms with E-state index < -0.39 is 34.4 Å². The summed E-state index contributed by atoms with van der Waals surface area (Å²) >= 11 is 0. The summed E-state index contributed by atoms with van der Waals surface area (Å²) in [5.74, 6) is -3.57. The highest BCUT2D eigenvalue weighted by Crippen LogP contribution is 2.34. The van der Waals surface area contributed by atoms with Crippen LogP contribution in [0, 0.1) is 30.3 Å². The zero-order valence-electron chi connectivity index (χ0n) is 19.4. The number of hydrogen-bond acceptors (Lipinski definition) is 4. The molecule has 0 spiro atoms. The molecular formula is C25H26F3N3O3. The van der Waals surface area contributed by atoms with E-state index in [4.69, 9.17) is 0 Å². The molecule has 0 saturated carbocycles. The number of aryl methyl sites for hydroxylation is 1. The minimum Gasteiger partial charge on any atom is -0.477 e. The van der Waals surface area contributed by atoms with Crippen molar-refractivity contribution >= 4 is 22.6 Å². The summed E-state index contributed by atoms with van der Waals surface area (Å²) in [6.45, 7) is 4.73. The van der Waals surface area contributed by atoms with Gasteiger partial charge < -0.3 is 19.5 Å². The number of benzene rings is 2. The van der Waals surface area contributed by atoms with E-state index in [1.54, 1.807) is 0 Å². The standard InChI is InChI=1S/C25H26F3N3O3/c1-13-22-20(10-21(23(13)28)30-8-7-15(11-30)14(2)29(3)4)31(12-17(24(22)32)25(33)34)19-6-5-16(26)9-18(19)27/h5-6,9-10,12,14-15H,7-8,11H2,1-4H3,(H,33,34)/t14-,15-/m1/s1. The van der Waals surface area contributed by atoms with Gasteiger partial charge in [0, 0.05) is 37.0 Å². The second-order valence-corrected chi connectivity index (χ2v) is 9.07. The molecule has 9 heteroatoms. The molecule has 3 aromatic rings. The number of nitrogens with zero attached hydrogens (tertiary/aromatic N) is 3. The van der Waals surface area contributed by atoms with Crippen LogP contribution in [-0.2, 0) is 0 Å². The number of fused-ring (bicyclic) bond motifs is 1. The maximum absolute atomic E-state index is 15.6. The number of rotatable bonds is 5. The fourth-order valence-corrected chi connectivity index (χ4v) is 4.71. The Bertz CT molecular complexity index is 1350. The van der Waals surface area contributed by atoms with Crippen molar-refractivity contribution in [1.29, 1.82) is 0 Å².